The number of carbonyl (C=O) groups is 3. The Balaban J connectivity index is 1.40. The SMILES string of the molecule is C=C(C)c1sc2cc1-c1ccc(NC(=O)OC)cc1NC(=O)[C@H](C)CCC[C@@H]2N1CCC(c2cc(Cl)ccc2-n2cc(Cl)nn2)=CC1=O. The number of nitrogens with one attached hydrogen (secondary N) is 2. The minimum absolute atomic E-state index is 0.104. The van der Waals surface area contributed by atoms with Crippen molar-refractivity contribution in [2.75, 3.05) is 24.3 Å². The molecule has 2 atom stereocenters. The number of nitrogens with zero attached hydrogens (tertiary/aromatic N) is 4. The Morgan fingerprint density at radius 1 is 1.10 bits per heavy atom. The van der Waals surface area contributed by atoms with Crippen molar-refractivity contribution in [3.63, 3.8) is 0 Å². The lowest BCUT2D eigenvalue weighted by molar-refractivity contribution is -0.129. The molecule has 2 aromatic heterocycles. The first kappa shape index (κ1) is 33.5. The van der Waals surface area contributed by atoms with Gasteiger partial charge in [0, 0.05) is 55.7 Å². The fraction of sp³-hybridized carbons (Fsp3) is 0.286. The lowest BCUT2D eigenvalue weighted by atomic mass is 9.93. The van der Waals surface area contributed by atoms with E-state index >= 15 is 0 Å². The van der Waals surface area contributed by atoms with Gasteiger partial charge in [-0.25, -0.2) is 9.48 Å². The minimum atomic E-state index is -0.608. The number of fused-ring (bicyclic) bond motifs is 4. The molecule has 0 aliphatic carbocycles. The number of methoxy groups -OCH3 is 1. The molecule has 6 rings (SSSR count). The molecule has 13 heteroatoms. The highest BCUT2D eigenvalue weighted by atomic mass is 35.5. The summed E-state index contributed by atoms with van der Waals surface area (Å²) in [5.74, 6) is -0.505. The van der Waals surface area contributed by atoms with Crippen LogP contribution in [0.4, 0.5) is 16.2 Å². The number of anilines is 2. The van der Waals surface area contributed by atoms with Crippen molar-refractivity contribution in [3.05, 3.63) is 86.8 Å². The number of amides is 3. The van der Waals surface area contributed by atoms with Crippen molar-refractivity contribution < 1.29 is 19.1 Å². The highest BCUT2D eigenvalue weighted by Crippen LogP contribution is 2.45. The van der Waals surface area contributed by atoms with Crippen molar-refractivity contribution in [1.82, 2.24) is 19.9 Å². The number of rotatable bonds is 5. The van der Waals surface area contributed by atoms with Crippen LogP contribution in [0.2, 0.25) is 10.2 Å². The van der Waals surface area contributed by atoms with Gasteiger partial charge in [0.1, 0.15) is 0 Å². The maximum atomic E-state index is 14.0. The zero-order chi connectivity index (χ0) is 34.1. The highest BCUT2D eigenvalue weighted by molar-refractivity contribution is 7.13. The Kier molecular flexibility index (Phi) is 9.73. The largest absolute Gasteiger partial charge is 0.453 e. The van der Waals surface area contributed by atoms with Gasteiger partial charge < -0.3 is 15.0 Å². The van der Waals surface area contributed by atoms with Gasteiger partial charge in [0.05, 0.1) is 30.7 Å². The van der Waals surface area contributed by atoms with Crippen LogP contribution in [0.25, 0.3) is 28.0 Å². The van der Waals surface area contributed by atoms with Gasteiger partial charge in [0.15, 0.2) is 5.15 Å². The lowest BCUT2D eigenvalue weighted by Crippen LogP contribution is -2.37. The third kappa shape index (κ3) is 6.89. The van der Waals surface area contributed by atoms with Gasteiger partial charge >= 0.3 is 6.09 Å². The molecule has 10 nitrogen and oxygen atoms in total. The normalized spacial score (nSPS) is 18.2. The van der Waals surface area contributed by atoms with Crippen LogP contribution in [-0.2, 0) is 14.3 Å². The predicted octanol–water partition coefficient (Wildman–Crippen LogP) is 8.63. The molecule has 3 amide bonds. The lowest BCUT2D eigenvalue weighted by Gasteiger charge is -2.34. The molecular weight excluding hydrogens is 671 g/mol. The fourth-order valence-electron chi connectivity index (χ4n) is 6.18. The molecule has 2 N–H and O–H groups in total. The van der Waals surface area contributed by atoms with E-state index in [2.05, 4.69) is 33.6 Å². The average Bonchev–Trinajstić information content (AvgIpc) is 3.70. The quantitative estimate of drug-likeness (QED) is 0.215. The number of hydrogen-bond acceptors (Lipinski definition) is 7. The van der Waals surface area contributed by atoms with Crippen LogP contribution in [-0.4, -0.2) is 51.5 Å². The summed E-state index contributed by atoms with van der Waals surface area (Å²) in [4.78, 5) is 43.3. The van der Waals surface area contributed by atoms with E-state index in [-0.39, 0.29) is 28.9 Å². The summed E-state index contributed by atoms with van der Waals surface area (Å²) in [6.45, 7) is 8.60. The molecule has 0 fully saturated rings. The molecule has 2 aliphatic heterocycles. The van der Waals surface area contributed by atoms with E-state index in [9.17, 15) is 14.4 Å². The molecule has 0 spiro atoms. The molecule has 2 aliphatic rings. The smallest absolute Gasteiger partial charge is 0.411 e. The van der Waals surface area contributed by atoms with Crippen LogP contribution in [0, 0.1) is 5.92 Å². The topological polar surface area (TPSA) is 118 Å². The van der Waals surface area contributed by atoms with Crippen molar-refractivity contribution in [2.45, 2.75) is 45.6 Å². The van der Waals surface area contributed by atoms with E-state index in [1.807, 2.05) is 36.9 Å². The van der Waals surface area contributed by atoms with E-state index in [0.29, 0.717) is 42.2 Å². The second-order valence-electron chi connectivity index (χ2n) is 12.0. The number of ether oxygens (including phenoxy) is 1. The molecule has 0 saturated carbocycles. The number of allylic oxidation sites excluding steroid dienone is 1. The first-order chi connectivity index (χ1) is 23.0. The van der Waals surface area contributed by atoms with Crippen molar-refractivity contribution in [2.24, 2.45) is 5.92 Å². The Morgan fingerprint density at radius 3 is 2.62 bits per heavy atom. The predicted molar refractivity (Wildman–Crippen MR) is 191 cm³/mol. The molecule has 0 saturated heterocycles. The first-order valence-electron chi connectivity index (χ1n) is 15.5. The van der Waals surface area contributed by atoms with Gasteiger partial charge in [-0.2, -0.15) is 0 Å². The summed E-state index contributed by atoms with van der Waals surface area (Å²) in [6, 6.07) is 12.7. The maximum Gasteiger partial charge on any atom is 0.411 e. The summed E-state index contributed by atoms with van der Waals surface area (Å²) in [7, 11) is 1.29. The van der Waals surface area contributed by atoms with Gasteiger partial charge in [-0.3, -0.25) is 14.9 Å². The molecule has 4 heterocycles. The van der Waals surface area contributed by atoms with Crippen LogP contribution in [0.15, 0.2) is 61.3 Å². The third-order valence-corrected chi connectivity index (χ3v) is 10.4. The Bertz CT molecular complexity index is 1970. The summed E-state index contributed by atoms with van der Waals surface area (Å²) >= 11 is 14.1. The summed E-state index contributed by atoms with van der Waals surface area (Å²) in [6.07, 6.45) is 5.35. The van der Waals surface area contributed by atoms with Crippen LogP contribution < -0.4 is 10.6 Å². The molecule has 0 unspecified atom stereocenters. The van der Waals surface area contributed by atoms with Crippen LogP contribution in [0.5, 0.6) is 0 Å². The Morgan fingerprint density at radius 2 is 1.92 bits per heavy atom. The number of aromatic nitrogens is 3. The van der Waals surface area contributed by atoms with Crippen molar-refractivity contribution in [3.8, 4) is 16.8 Å². The van der Waals surface area contributed by atoms with Gasteiger partial charge in [-0.1, -0.05) is 54.4 Å². The van der Waals surface area contributed by atoms with Gasteiger partial charge in [0.2, 0.25) is 11.8 Å². The van der Waals surface area contributed by atoms with Crippen molar-refractivity contribution >= 4 is 75.0 Å². The molecule has 0 radical (unpaired) electrons. The van der Waals surface area contributed by atoms with E-state index in [4.69, 9.17) is 27.9 Å². The molecule has 4 aromatic rings. The second kappa shape index (κ2) is 14.0. The summed E-state index contributed by atoms with van der Waals surface area (Å²) in [5, 5.41) is 14.6. The highest BCUT2D eigenvalue weighted by Gasteiger charge is 2.32. The summed E-state index contributed by atoms with van der Waals surface area (Å²) < 4.78 is 6.34. The monoisotopic (exact) mass is 704 g/mol. The average molecular weight is 706 g/mol. The molecule has 2 aromatic carbocycles. The molecule has 48 heavy (non-hydrogen) atoms. The van der Waals surface area contributed by atoms with Crippen LogP contribution >= 0.6 is 34.5 Å². The standard InChI is InChI=1S/C35H34Cl2N6O4S/c1-19(2)33-26-17-30(48-33)29(7-5-6-20(3)34(45)39-27-16-23(9-10-24(26)27)38-35(46)47-4)42-13-12-21(14-32(42)44)25-15-22(36)8-11-28(25)43-18-31(37)40-41-43/h8-11,14-18,20,29H,1,5-7,12-13H2,2-4H3,(H,38,46)(H,39,45)/t20-,29+/m1/s1. The molecule has 248 valence electrons. The third-order valence-electron chi connectivity index (χ3n) is 8.62. The van der Waals surface area contributed by atoms with Gasteiger partial charge in [-0.05, 0) is 73.7 Å². The van der Waals surface area contributed by atoms with Gasteiger partial charge in [0.25, 0.3) is 0 Å². The molecular formula is C35H34Cl2N6O4S. The molecule has 2 bridgehead atoms. The Hall–Kier alpha value is -4.45. The van der Waals surface area contributed by atoms with Crippen LogP contribution in [0.3, 0.4) is 0 Å². The fourth-order valence-corrected chi connectivity index (χ4v) is 7.73. The first-order valence-corrected chi connectivity index (χ1v) is 17.1. The number of benzene rings is 2. The van der Waals surface area contributed by atoms with E-state index in [1.54, 1.807) is 46.5 Å². The zero-order valence-electron chi connectivity index (χ0n) is 26.7. The second-order valence-corrected chi connectivity index (χ2v) is 13.9. The number of hydrogen-bond donors (Lipinski definition) is 2. The van der Waals surface area contributed by atoms with Crippen molar-refractivity contribution in [1.29, 1.82) is 0 Å². The zero-order valence-corrected chi connectivity index (χ0v) is 29.0. The number of thiophene rings is 1. The summed E-state index contributed by atoms with van der Waals surface area (Å²) in [5.41, 5.74) is 5.97. The van der Waals surface area contributed by atoms with E-state index < -0.39 is 6.09 Å². The van der Waals surface area contributed by atoms with E-state index in [0.717, 1.165) is 49.7 Å². The van der Waals surface area contributed by atoms with Crippen LogP contribution in [0.1, 0.15) is 60.9 Å². The maximum absolute atomic E-state index is 14.0. The van der Waals surface area contributed by atoms with Gasteiger partial charge in [-0.15, -0.1) is 16.4 Å². The number of halogens is 2. The van der Waals surface area contributed by atoms with E-state index in [1.165, 1.54) is 7.11 Å². The number of carbonyl (C=O) groups excluding carboxylic acids is 3. The Labute approximate surface area is 292 Å². The minimum Gasteiger partial charge on any atom is -0.453 e.